The van der Waals surface area contributed by atoms with E-state index in [1.165, 1.54) is 12.3 Å². The minimum absolute atomic E-state index is 0.0282. The van der Waals surface area contributed by atoms with Gasteiger partial charge in [-0.25, -0.2) is 18.2 Å². The molecule has 2 heterocycles. The molecule has 1 aliphatic rings. The lowest BCUT2D eigenvalue weighted by Crippen LogP contribution is -2.37. The van der Waals surface area contributed by atoms with Gasteiger partial charge in [0, 0.05) is 32.1 Å². The van der Waals surface area contributed by atoms with E-state index in [1.54, 1.807) is 11.0 Å². The van der Waals surface area contributed by atoms with Crippen LogP contribution < -0.4 is 5.32 Å². The van der Waals surface area contributed by atoms with Crippen LogP contribution in [0.15, 0.2) is 23.4 Å². The van der Waals surface area contributed by atoms with Gasteiger partial charge in [-0.2, -0.15) is 0 Å². The van der Waals surface area contributed by atoms with Gasteiger partial charge in [0.15, 0.2) is 14.9 Å². The fraction of sp³-hybridized carbons (Fsp3) is 0.500. The van der Waals surface area contributed by atoms with E-state index in [-0.39, 0.29) is 11.1 Å². The molecular weight excluding hydrogens is 266 g/mol. The van der Waals surface area contributed by atoms with Crippen LogP contribution in [-0.2, 0) is 16.4 Å². The molecule has 7 heteroatoms. The summed E-state index contributed by atoms with van der Waals surface area (Å²) in [6, 6.07) is 3.08. The van der Waals surface area contributed by atoms with Crippen molar-refractivity contribution in [1.82, 2.24) is 15.2 Å². The first kappa shape index (κ1) is 13.8. The molecule has 1 saturated heterocycles. The minimum atomic E-state index is -3.31. The number of hydrogen-bond acceptors (Lipinski definition) is 4. The van der Waals surface area contributed by atoms with Gasteiger partial charge < -0.3 is 10.2 Å². The van der Waals surface area contributed by atoms with E-state index in [0.717, 1.165) is 37.8 Å². The summed E-state index contributed by atoms with van der Waals surface area (Å²) >= 11 is 0. The monoisotopic (exact) mass is 283 g/mol. The normalized spacial score (nSPS) is 15.5. The van der Waals surface area contributed by atoms with Gasteiger partial charge in [0.05, 0.1) is 0 Å². The van der Waals surface area contributed by atoms with Crippen LogP contribution in [-0.4, -0.2) is 43.7 Å². The molecule has 0 saturated carbocycles. The van der Waals surface area contributed by atoms with Crippen LogP contribution in [0.2, 0.25) is 0 Å². The van der Waals surface area contributed by atoms with Gasteiger partial charge in [-0.15, -0.1) is 0 Å². The number of pyridine rings is 1. The molecule has 0 aliphatic carbocycles. The third-order valence-electron chi connectivity index (χ3n) is 3.02. The van der Waals surface area contributed by atoms with Crippen LogP contribution in [0.1, 0.15) is 18.4 Å². The number of amides is 2. The summed E-state index contributed by atoms with van der Waals surface area (Å²) in [5.41, 5.74) is 0.725. The van der Waals surface area contributed by atoms with Gasteiger partial charge in [-0.05, 0) is 30.5 Å². The predicted molar refractivity (Wildman–Crippen MR) is 70.4 cm³/mol. The van der Waals surface area contributed by atoms with Crippen molar-refractivity contribution in [2.24, 2.45) is 0 Å². The third kappa shape index (κ3) is 3.66. The van der Waals surface area contributed by atoms with Gasteiger partial charge in [-0.3, -0.25) is 0 Å². The number of urea groups is 1. The molecule has 0 unspecified atom stereocenters. The lowest BCUT2D eigenvalue weighted by Gasteiger charge is -2.16. The molecule has 6 nitrogen and oxygen atoms in total. The lowest BCUT2D eigenvalue weighted by atomic mass is 10.3. The lowest BCUT2D eigenvalue weighted by molar-refractivity contribution is 0.208. The number of hydrogen-bond donors (Lipinski definition) is 1. The number of rotatable bonds is 3. The Morgan fingerprint density at radius 2 is 2.11 bits per heavy atom. The number of aromatic nitrogens is 1. The van der Waals surface area contributed by atoms with Crippen molar-refractivity contribution in [2.45, 2.75) is 24.4 Å². The summed E-state index contributed by atoms with van der Waals surface area (Å²) in [4.78, 5) is 17.3. The highest BCUT2D eigenvalue weighted by molar-refractivity contribution is 7.90. The fourth-order valence-corrected chi connectivity index (χ4v) is 2.59. The zero-order valence-electron chi connectivity index (χ0n) is 10.8. The second kappa shape index (κ2) is 5.56. The Morgan fingerprint density at radius 1 is 1.42 bits per heavy atom. The average Bonchev–Trinajstić information content (AvgIpc) is 2.89. The van der Waals surface area contributed by atoms with Gasteiger partial charge in [0.2, 0.25) is 0 Å². The van der Waals surface area contributed by atoms with E-state index in [9.17, 15) is 13.2 Å². The van der Waals surface area contributed by atoms with E-state index >= 15 is 0 Å². The van der Waals surface area contributed by atoms with Crippen LogP contribution in [0.5, 0.6) is 0 Å². The van der Waals surface area contributed by atoms with E-state index in [4.69, 9.17) is 0 Å². The Morgan fingerprint density at radius 3 is 2.74 bits per heavy atom. The van der Waals surface area contributed by atoms with Crippen molar-refractivity contribution in [3.8, 4) is 0 Å². The number of likely N-dealkylation sites (tertiary alicyclic amines) is 1. The number of carbonyl (C=O) groups is 1. The molecule has 2 amide bonds. The highest BCUT2D eigenvalue weighted by Crippen LogP contribution is 2.09. The molecule has 1 aliphatic heterocycles. The molecule has 19 heavy (non-hydrogen) atoms. The molecule has 1 aromatic rings. The molecule has 1 aromatic heterocycles. The molecule has 1 fully saturated rings. The van der Waals surface area contributed by atoms with Crippen LogP contribution >= 0.6 is 0 Å². The van der Waals surface area contributed by atoms with Crippen molar-refractivity contribution in [1.29, 1.82) is 0 Å². The molecule has 1 N–H and O–H groups in total. The Hall–Kier alpha value is -1.63. The van der Waals surface area contributed by atoms with Crippen LogP contribution in [0.3, 0.4) is 0 Å². The third-order valence-corrected chi connectivity index (χ3v) is 4.00. The van der Waals surface area contributed by atoms with E-state index in [2.05, 4.69) is 10.3 Å². The minimum Gasteiger partial charge on any atom is -0.334 e. The van der Waals surface area contributed by atoms with E-state index in [0.29, 0.717) is 6.54 Å². The van der Waals surface area contributed by atoms with Gasteiger partial charge in [-0.1, -0.05) is 0 Å². The highest BCUT2D eigenvalue weighted by Gasteiger charge is 2.17. The number of nitrogens with zero attached hydrogens (tertiary/aromatic N) is 2. The van der Waals surface area contributed by atoms with Crippen molar-refractivity contribution in [3.63, 3.8) is 0 Å². The second-order valence-corrected chi connectivity index (χ2v) is 6.59. The summed E-state index contributed by atoms with van der Waals surface area (Å²) in [5, 5.41) is 2.81. The summed E-state index contributed by atoms with van der Waals surface area (Å²) in [6.07, 6.45) is 4.64. The molecule has 104 valence electrons. The second-order valence-electron chi connectivity index (χ2n) is 4.63. The molecular formula is C12H17N3O3S. The number of nitrogens with one attached hydrogen (secondary N) is 1. The van der Waals surface area contributed by atoms with Crippen molar-refractivity contribution in [3.05, 3.63) is 23.9 Å². The SMILES string of the molecule is CS(=O)(=O)c1cc(CNC(=O)N2CCCC2)ccn1. The van der Waals surface area contributed by atoms with Crippen molar-refractivity contribution < 1.29 is 13.2 Å². The standard InChI is InChI=1S/C12H17N3O3S/c1-19(17,18)11-8-10(4-5-13-11)9-14-12(16)15-6-2-3-7-15/h4-5,8H,2-3,6-7,9H2,1H3,(H,14,16). The van der Waals surface area contributed by atoms with Crippen LogP contribution in [0, 0.1) is 0 Å². The first-order valence-electron chi connectivity index (χ1n) is 6.14. The van der Waals surface area contributed by atoms with Crippen LogP contribution in [0.25, 0.3) is 0 Å². The Kier molecular flexibility index (Phi) is 4.04. The zero-order chi connectivity index (χ0) is 13.9. The summed E-state index contributed by atoms with van der Waals surface area (Å²) in [7, 11) is -3.31. The smallest absolute Gasteiger partial charge is 0.317 e. The number of carbonyl (C=O) groups excluding carboxylic acids is 1. The van der Waals surface area contributed by atoms with Gasteiger partial charge >= 0.3 is 6.03 Å². The largest absolute Gasteiger partial charge is 0.334 e. The number of sulfone groups is 1. The maximum absolute atomic E-state index is 11.8. The molecule has 0 spiro atoms. The Labute approximate surface area is 112 Å². The average molecular weight is 283 g/mol. The quantitative estimate of drug-likeness (QED) is 0.889. The fourth-order valence-electron chi connectivity index (χ4n) is 1.97. The first-order valence-corrected chi connectivity index (χ1v) is 8.04. The molecule has 0 atom stereocenters. The van der Waals surface area contributed by atoms with Gasteiger partial charge in [0.1, 0.15) is 0 Å². The maximum atomic E-state index is 11.8. The molecule has 0 radical (unpaired) electrons. The molecule has 0 bridgehead atoms. The zero-order valence-corrected chi connectivity index (χ0v) is 11.6. The van der Waals surface area contributed by atoms with E-state index < -0.39 is 9.84 Å². The Bertz CT molecular complexity index is 565. The first-order chi connectivity index (χ1) is 8.97. The molecule has 2 rings (SSSR count). The summed E-state index contributed by atoms with van der Waals surface area (Å²) in [5.74, 6) is 0. The van der Waals surface area contributed by atoms with Gasteiger partial charge in [0.25, 0.3) is 0 Å². The predicted octanol–water partition coefficient (Wildman–Crippen LogP) is 0.790. The summed E-state index contributed by atoms with van der Waals surface area (Å²) < 4.78 is 22.7. The van der Waals surface area contributed by atoms with Crippen molar-refractivity contribution >= 4 is 15.9 Å². The van der Waals surface area contributed by atoms with Crippen molar-refractivity contribution in [2.75, 3.05) is 19.3 Å². The summed E-state index contributed by atoms with van der Waals surface area (Å²) in [6.45, 7) is 1.88. The molecule has 0 aromatic carbocycles. The van der Waals surface area contributed by atoms with Crippen LogP contribution in [0.4, 0.5) is 4.79 Å². The van der Waals surface area contributed by atoms with E-state index in [1.807, 2.05) is 0 Å². The Balaban J connectivity index is 1.98. The maximum Gasteiger partial charge on any atom is 0.317 e. The topological polar surface area (TPSA) is 79.4 Å². The highest BCUT2D eigenvalue weighted by atomic mass is 32.2.